The first-order chi connectivity index (χ1) is 11.2. The Hall–Kier alpha value is -2.49. The zero-order chi connectivity index (χ0) is 18.0. The normalized spacial score (nSPS) is 14.0. The number of benzene rings is 1. The molecule has 1 aromatic heterocycles. The largest absolute Gasteiger partial charge is 0.458 e. The van der Waals surface area contributed by atoms with Gasteiger partial charge in [-0.15, -0.1) is 4.98 Å². The smallest absolute Gasteiger partial charge is 0.419 e. The molecule has 0 aliphatic carbocycles. The van der Waals surface area contributed by atoms with Crippen LogP contribution < -0.4 is 10.4 Å². The minimum atomic E-state index is -4.69. The maximum atomic E-state index is 13.0. The highest BCUT2D eigenvalue weighted by Crippen LogP contribution is 2.41. The maximum Gasteiger partial charge on any atom is 0.419 e. The number of nitrogens with one attached hydrogen (secondary N) is 2. The molecule has 0 radical (unpaired) electrons. The molecular weight excluding hydrogens is 351 g/mol. The Balaban J connectivity index is 2.15. The molecule has 1 atom stereocenters. The molecule has 1 aromatic carbocycles. The molecule has 24 heavy (non-hydrogen) atoms. The van der Waals surface area contributed by atoms with Crippen LogP contribution in [0.2, 0.25) is 5.28 Å². The molecule has 2 rings (SSSR count). The van der Waals surface area contributed by atoms with Crippen molar-refractivity contribution in [2.24, 2.45) is 5.11 Å². The standard InChI is InChI=1S/C13H11ClF3N5O2/c1-12(22-18,13(15,16)17)8-4-2-7(3-5-8)6-24-11-20-9(14)19-10(23)21-11/h2-5,18H,6H2,1H3,(H,19,20,21,23). The molecule has 7 nitrogen and oxygen atoms in total. The second-order valence-electron chi connectivity index (χ2n) is 4.89. The summed E-state index contributed by atoms with van der Waals surface area (Å²) >= 11 is 5.54. The van der Waals surface area contributed by atoms with Gasteiger partial charge in [0.05, 0.1) is 0 Å². The molecule has 0 saturated heterocycles. The Bertz CT molecular complexity index is 793. The van der Waals surface area contributed by atoms with E-state index in [1.807, 2.05) is 0 Å². The first-order valence-electron chi connectivity index (χ1n) is 6.47. The number of aromatic nitrogens is 3. The summed E-state index contributed by atoms with van der Waals surface area (Å²) in [4.78, 5) is 20.3. The van der Waals surface area contributed by atoms with E-state index >= 15 is 0 Å². The van der Waals surface area contributed by atoms with Gasteiger partial charge in [-0.3, -0.25) is 4.98 Å². The fourth-order valence-corrected chi connectivity index (χ4v) is 1.92. The third-order valence-corrected chi connectivity index (χ3v) is 3.44. The van der Waals surface area contributed by atoms with E-state index in [1.165, 1.54) is 24.3 Å². The molecule has 0 amide bonds. The third kappa shape index (κ3) is 3.70. The quantitative estimate of drug-likeness (QED) is 0.798. The van der Waals surface area contributed by atoms with Crippen molar-refractivity contribution < 1.29 is 17.9 Å². The monoisotopic (exact) mass is 361 g/mol. The molecule has 0 bridgehead atoms. The van der Waals surface area contributed by atoms with Crippen molar-refractivity contribution in [3.63, 3.8) is 0 Å². The van der Waals surface area contributed by atoms with E-state index in [0.29, 0.717) is 5.56 Å². The maximum absolute atomic E-state index is 13.0. The number of rotatable bonds is 5. The van der Waals surface area contributed by atoms with Gasteiger partial charge in [0.1, 0.15) is 6.61 Å². The Morgan fingerprint density at radius 3 is 2.42 bits per heavy atom. The summed E-state index contributed by atoms with van der Waals surface area (Å²) in [6.07, 6.45) is -4.69. The van der Waals surface area contributed by atoms with Crippen molar-refractivity contribution >= 4 is 11.6 Å². The van der Waals surface area contributed by atoms with Crippen LogP contribution in [0.5, 0.6) is 6.01 Å². The molecule has 0 spiro atoms. The number of hydrogen-bond acceptors (Lipinski definition) is 6. The minimum Gasteiger partial charge on any atom is -0.458 e. The van der Waals surface area contributed by atoms with Crippen LogP contribution >= 0.6 is 11.6 Å². The van der Waals surface area contributed by atoms with Crippen LogP contribution in [0.3, 0.4) is 0 Å². The van der Waals surface area contributed by atoms with Gasteiger partial charge in [-0.25, -0.2) is 10.3 Å². The lowest BCUT2D eigenvalue weighted by Gasteiger charge is -2.26. The van der Waals surface area contributed by atoms with Crippen molar-refractivity contribution in [2.75, 3.05) is 0 Å². The SMILES string of the molecule is CC(N=N)(c1ccc(COc2nc(Cl)[nH]c(=O)n2)cc1)C(F)(F)F. The van der Waals surface area contributed by atoms with Gasteiger partial charge < -0.3 is 4.74 Å². The van der Waals surface area contributed by atoms with Crippen LogP contribution in [0.15, 0.2) is 34.2 Å². The Kier molecular flexibility index (Phi) is 4.88. The number of ether oxygens (including phenoxy) is 1. The average molecular weight is 362 g/mol. The van der Waals surface area contributed by atoms with E-state index in [2.05, 4.69) is 20.1 Å². The highest BCUT2D eigenvalue weighted by atomic mass is 35.5. The van der Waals surface area contributed by atoms with Crippen LogP contribution in [0.25, 0.3) is 0 Å². The predicted octanol–water partition coefficient (Wildman–Crippen LogP) is 3.21. The summed E-state index contributed by atoms with van der Waals surface area (Å²) in [6.45, 7) is 0.735. The Labute approximate surface area is 138 Å². The molecule has 0 aliphatic heterocycles. The molecule has 0 aliphatic rings. The van der Waals surface area contributed by atoms with E-state index < -0.39 is 17.4 Å². The molecule has 1 heterocycles. The van der Waals surface area contributed by atoms with E-state index in [4.69, 9.17) is 21.9 Å². The van der Waals surface area contributed by atoms with Gasteiger partial charge in [-0.1, -0.05) is 24.3 Å². The van der Waals surface area contributed by atoms with Crippen molar-refractivity contribution in [3.05, 3.63) is 51.2 Å². The lowest BCUT2D eigenvalue weighted by molar-refractivity contribution is -0.185. The molecular formula is C13H11ClF3N5O2. The summed E-state index contributed by atoms with van der Waals surface area (Å²) < 4.78 is 44.3. The van der Waals surface area contributed by atoms with Crippen LogP contribution in [0, 0.1) is 5.53 Å². The van der Waals surface area contributed by atoms with Crippen LogP contribution in [0.1, 0.15) is 18.1 Å². The topological polar surface area (TPSA) is 104 Å². The fourth-order valence-electron chi connectivity index (χ4n) is 1.77. The van der Waals surface area contributed by atoms with Gasteiger partial charge in [0.25, 0.3) is 0 Å². The predicted molar refractivity (Wildman–Crippen MR) is 77.0 cm³/mol. The number of hydrogen-bond donors (Lipinski definition) is 2. The second kappa shape index (κ2) is 6.56. The van der Waals surface area contributed by atoms with E-state index in [1.54, 1.807) is 0 Å². The Morgan fingerprint density at radius 1 is 1.29 bits per heavy atom. The third-order valence-electron chi connectivity index (χ3n) is 3.26. The van der Waals surface area contributed by atoms with E-state index in [9.17, 15) is 18.0 Å². The number of alkyl halides is 3. The van der Waals surface area contributed by atoms with E-state index in [0.717, 1.165) is 6.92 Å². The van der Waals surface area contributed by atoms with Crippen LogP contribution in [-0.2, 0) is 12.1 Å². The number of halogens is 4. The highest BCUT2D eigenvalue weighted by molar-refractivity contribution is 6.28. The number of nitrogens with zero attached hydrogens (tertiary/aromatic N) is 3. The first-order valence-corrected chi connectivity index (χ1v) is 6.85. The molecule has 11 heteroatoms. The molecule has 0 saturated carbocycles. The van der Waals surface area contributed by atoms with Crippen molar-refractivity contribution in [1.82, 2.24) is 15.0 Å². The van der Waals surface area contributed by atoms with Gasteiger partial charge in [0.2, 0.25) is 5.28 Å². The molecule has 128 valence electrons. The summed E-state index contributed by atoms with van der Waals surface area (Å²) in [5.74, 6) is 0. The molecule has 0 fully saturated rings. The first kappa shape index (κ1) is 17.9. The van der Waals surface area contributed by atoms with Gasteiger partial charge in [0, 0.05) is 0 Å². The zero-order valence-electron chi connectivity index (χ0n) is 12.2. The Morgan fingerprint density at radius 2 is 1.92 bits per heavy atom. The van der Waals surface area contributed by atoms with E-state index in [-0.39, 0.29) is 23.5 Å². The lowest BCUT2D eigenvalue weighted by atomic mass is 9.91. The average Bonchev–Trinajstić information content (AvgIpc) is 2.50. The zero-order valence-corrected chi connectivity index (χ0v) is 12.9. The summed E-state index contributed by atoms with van der Waals surface area (Å²) in [5, 5.41) is 2.53. The van der Waals surface area contributed by atoms with Crippen molar-refractivity contribution in [2.45, 2.75) is 25.2 Å². The minimum absolute atomic E-state index is 0.0825. The molecule has 2 N–H and O–H groups in total. The van der Waals surface area contributed by atoms with Crippen molar-refractivity contribution in [1.29, 1.82) is 5.53 Å². The van der Waals surface area contributed by atoms with Gasteiger partial charge >= 0.3 is 17.9 Å². The summed E-state index contributed by atoms with van der Waals surface area (Å²) in [5.41, 5.74) is 3.83. The highest BCUT2D eigenvalue weighted by Gasteiger charge is 2.53. The summed E-state index contributed by atoms with van der Waals surface area (Å²) in [7, 11) is 0. The number of H-pyrrole nitrogens is 1. The molecule has 1 unspecified atom stereocenters. The van der Waals surface area contributed by atoms with Gasteiger partial charge in [-0.2, -0.15) is 23.3 Å². The summed E-state index contributed by atoms with van der Waals surface area (Å²) in [6, 6.07) is 4.93. The van der Waals surface area contributed by atoms with Gasteiger partial charge in [-0.05, 0) is 29.7 Å². The molecule has 2 aromatic rings. The number of aromatic amines is 1. The van der Waals surface area contributed by atoms with Crippen LogP contribution in [0.4, 0.5) is 13.2 Å². The second-order valence-corrected chi connectivity index (χ2v) is 5.25. The van der Waals surface area contributed by atoms with Gasteiger partial charge in [0.15, 0.2) is 5.54 Å². The van der Waals surface area contributed by atoms with Crippen molar-refractivity contribution in [3.8, 4) is 6.01 Å². The fraction of sp³-hybridized carbons (Fsp3) is 0.308. The van der Waals surface area contributed by atoms with Crippen LogP contribution in [-0.4, -0.2) is 21.1 Å². The lowest BCUT2D eigenvalue weighted by Crippen LogP contribution is -2.37.